The minimum absolute atomic E-state index is 0.0438. The van der Waals surface area contributed by atoms with Gasteiger partial charge in [-0.1, -0.05) is 246 Å². The molecule has 0 N–H and O–H groups in total. The van der Waals surface area contributed by atoms with Crippen LogP contribution in [0.5, 0.6) is 0 Å². The molecule has 12 aromatic rings. The topological polar surface area (TPSA) is 9.86 Å². The average Bonchev–Trinajstić information content (AvgIpc) is 1.54. The van der Waals surface area contributed by atoms with Crippen LogP contribution in [0.15, 0.2) is 158 Å². The fraction of sp³-hybridized carbons (Fsp3) is 0.310. The molecule has 0 atom stereocenters. The van der Waals surface area contributed by atoms with Crippen LogP contribution in [0.4, 0.5) is 0 Å². The van der Waals surface area contributed by atoms with E-state index in [1.165, 1.54) is 177 Å². The van der Waals surface area contributed by atoms with Gasteiger partial charge in [-0.3, -0.25) is 0 Å². The first-order valence-corrected chi connectivity index (χ1v) is 32.6. The zero-order chi connectivity index (χ0) is 60.8. The molecular weight excluding hydrogens is 1050 g/mol. The summed E-state index contributed by atoms with van der Waals surface area (Å²) < 4.78 is 5.62. The molecule has 10 aromatic carbocycles. The molecule has 0 amide bonds. The normalized spacial score (nSPS) is 14.7. The number of nitrogens with zero attached hydrogens (tertiary/aromatic N) is 2. The summed E-state index contributed by atoms with van der Waals surface area (Å²) in [6.07, 6.45) is 0. The number of benzene rings is 10. The molecule has 16 rings (SSSR count). The first-order chi connectivity index (χ1) is 41.2. The van der Waals surface area contributed by atoms with Gasteiger partial charge in [0.15, 0.2) is 0 Å². The lowest BCUT2D eigenvalue weighted by molar-refractivity contribution is 0.588. The molecule has 0 bridgehead atoms. The van der Waals surface area contributed by atoms with E-state index in [1.54, 1.807) is 0 Å². The van der Waals surface area contributed by atoms with Crippen molar-refractivity contribution in [2.24, 2.45) is 0 Å². The molecule has 0 saturated carbocycles. The maximum Gasteiger partial charge on any atom is 0.252 e. The average molecular weight is 1130 g/mol. The molecule has 0 unspecified atom stereocenters. The molecule has 2 aromatic heterocycles. The van der Waals surface area contributed by atoms with Gasteiger partial charge in [0.1, 0.15) is 0 Å². The molecule has 2 nitrogen and oxygen atoms in total. The van der Waals surface area contributed by atoms with Crippen molar-refractivity contribution in [2.75, 3.05) is 0 Å². The highest BCUT2D eigenvalue weighted by Crippen LogP contribution is 2.63. The van der Waals surface area contributed by atoms with E-state index in [0.717, 1.165) is 0 Å². The van der Waals surface area contributed by atoms with Crippen LogP contribution in [-0.2, 0) is 27.1 Å². The summed E-state index contributed by atoms with van der Waals surface area (Å²) in [6, 6.07) is 64.7. The van der Waals surface area contributed by atoms with E-state index in [9.17, 15) is 0 Å². The Bertz CT molecular complexity index is 4980. The van der Waals surface area contributed by atoms with Crippen molar-refractivity contribution >= 4 is 77.5 Å². The Morgan fingerprint density at radius 2 is 0.816 bits per heavy atom. The second kappa shape index (κ2) is 17.7. The molecule has 0 fully saturated rings. The van der Waals surface area contributed by atoms with Crippen molar-refractivity contribution in [3.05, 3.63) is 219 Å². The van der Waals surface area contributed by atoms with Crippen LogP contribution >= 0.6 is 0 Å². The zero-order valence-electron chi connectivity index (χ0n) is 54.7. The van der Waals surface area contributed by atoms with Gasteiger partial charge in [-0.2, -0.15) is 0 Å². The third-order valence-corrected chi connectivity index (χ3v) is 21.4. The predicted molar refractivity (Wildman–Crippen MR) is 376 cm³/mol. The van der Waals surface area contributed by atoms with Crippen LogP contribution in [0, 0.1) is 0 Å². The molecular formula is C84H83BN2. The SMILES string of the molecule is CC(C)c1cc(C(C)C)c(-c2ccc(-c3cc4c5c6c3-n3c7ccc(C(C)(C)C)cc7c7cc(C(C)(C)C)cc(c73)B6c3cc(C(C)(C)C)cc6c7cc(C(C)(C)C)cc(c7n-5c36)C43c4ccccc4-c4ccccc43)c3ccccc23)c(C(C)C)c1. The molecule has 3 heteroatoms. The molecule has 1 aliphatic carbocycles. The Morgan fingerprint density at radius 1 is 0.345 bits per heavy atom. The Balaban J connectivity index is 1.18. The maximum absolute atomic E-state index is 2.83. The van der Waals surface area contributed by atoms with E-state index in [1.807, 2.05) is 0 Å². The number of rotatable bonds is 5. The van der Waals surface area contributed by atoms with Crippen molar-refractivity contribution in [1.29, 1.82) is 0 Å². The predicted octanol–water partition coefficient (Wildman–Crippen LogP) is 20.7. The highest BCUT2D eigenvalue weighted by Gasteiger charge is 2.55. The van der Waals surface area contributed by atoms with Crippen molar-refractivity contribution in [3.8, 4) is 44.8 Å². The summed E-state index contributed by atoms with van der Waals surface area (Å²) in [4.78, 5) is 0. The van der Waals surface area contributed by atoms with E-state index >= 15 is 0 Å². The smallest absolute Gasteiger partial charge is 0.252 e. The number of hydrogen-bond donors (Lipinski definition) is 0. The minimum Gasteiger partial charge on any atom is -0.310 e. The van der Waals surface area contributed by atoms with Gasteiger partial charge in [0.05, 0.1) is 22.1 Å². The lowest BCUT2D eigenvalue weighted by Gasteiger charge is -2.45. The third kappa shape index (κ3) is 7.18. The number of aromatic nitrogens is 2. The molecule has 87 heavy (non-hydrogen) atoms. The summed E-state index contributed by atoms with van der Waals surface area (Å²) in [5, 5.41) is 8.00. The van der Waals surface area contributed by atoms with Gasteiger partial charge in [-0.05, 0) is 192 Å². The molecule has 0 saturated heterocycles. The van der Waals surface area contributed by atoms with E-state index in [2.05, 4.69) is 291 Å². The van der Waals surface area contributed by atoms with Crippen LogP contribution in [-0.4, -0.2) is 15.8 Å². The van der Waals surface area contributed by atoms with Crippen molar-refractivity contribution < 1.29 is 0 Å². The van der Waals surface area contributed by atoms with E-state index in [4.69, 9.17) is 0 Å². The highest BCUT2D eigenvalue weighted by molar-refractivity contribution is 7.00. The van der Waals surface area contributed by atoms with E-state index in [0.29, 0.717) is 17.8 Å². The maximum atomic E-state index is 2.83. The largest absolute Gasteiger partial charge is 0.310 e. The van der Waals surface area contributed by atoms with Crippen LogP contribution < -0.4 is 16.4 Å². The van der Waals surface area contributed by atoms with Crippen LogP contribution in [0.2, 0.25) is 0 Å². The molecule has 0 radical (unpaired) electrons. The molecule has 5 heterocycles. The Hall–Kier alpha value is -7.88. The van der Waals surface area contributed by atoms with Gasteiger partial charge in [-0.15, -0.1) is 0 Å². The molecule has 3 aliphatic heterocycles. The van der Waals surface area contributed by atoms with Crippen LogP contribution in [0.1, 0.15) is 204 Å². The summed E-state index contributed by atoms with van der Waals surface area (Å²) in [5.41, 5.74) is 34.4. The monoisotopic (exact) mass is 1130 g/mol. The van der Waals surface area contributed by atoms with Gasteiger partial charge in [0.25, 0.3) is 6.71 Å². The Morgan fingerprint density at radius 3 is 1.36 bits per heavy atom. The van der Waals surface area contributed by atoms with E-state index < -0.39 is 5.41 Å². The Kier molecular flexibility index (Phi) is 11.1. The summed E-state index contributed by atoms with van der Waals surface area (Å²) in [7, 11) is 0. The standard InChI is InChI=1S/C84H83BN2/c1-45(2)48-35-59(46(3)4)73(60(36-48)47(5)6)58-33-32-55(53-25-19-20-26-54(53)58)65-44-69-79-74-78(65)86-72-34-31-49(80(7,8)9)37-61(72)62-39-51(82(13,14)15)42-70(76(62)86)85(74)71-43-52(83(16,17)18)40-64-63-38-50(81(10,11)12)41-68(75(63)87(79)77(64)71)84(69)66-29-23-21-27-56(66)57-28-22-24-30-67(57)84/h19-47H,1-18H3. The quantitative estimate of drug-likeness (QED) is 0.152. The molecule has 432 valence electrons. The van der Waals surface area contributed by atoms with Crippen LogP contribution in [0.25, 0.3) is 99.1 Å². The minimum atomic E-state index is -0.666. The first-order valence-electron chi connectivity index (χ1n) is 32.6. The van der Waals surface area contributed by atoms with Crippen molar-refractivity contribution in [2.45, 2.75) is 169 Å². The second-order valence-corrected chi connectivity index (χ2v) is 31.8. The first kappa shape index (κ1) is 54.5. The fourth-order valence-electron chi connectivity index (χ4n) is 16.8. The van der Waals surface area contributed by atoms with E-state index in [-0.39, 0.29) is 28.4 Å². The summed E-state index contributed by atoms with van der Waals surface area (Å²) >= 11 is 0. The van der Waals surface area contributed by atoms with Gasteiger partial charge in [-0.25, -0.2) is 0 Å². The second-order valence-electron chi connectivity index (χ2n) is 31.8. The lowest BCUT2D eigenvalue weighted by atomic mass is 9.33. The number of hydrogen-bond acceptors (Lipinski definition) is 0. The van der Waals surface area contributed by atoms with Gasteiger partial charge in [0.2, 0.25) is 0 Å². The number of fused-ring (bicyclic) bond motifs is 15. The fourth-order valence-corrected chi connectivity index (χ4v) is 16.8. The van der Waals surface area contributed by atoms with Crippen LogP contribution in [0.3, 0.4) is 0 Å². The molecule has 1 spiro atoms. The lowest BCUT2D eigenvalue weighted by Crippen LogP contribution is -2.61. The summed E-state index contributed by atoms with van der Waals surface area (Å²) in [5.74, 6) is 1.12. The van der Waals surface area contributed by atoms with Gasteiger partial charge < -0.3 is 9.13 Å². The molecule has 4 aliphatic rings. The highest BCUT2D eigenvalue weighted by atomic mass is 15.1. The van der Waals surface area contributed by atoms with Gasteiger partial charge >= 0.3 is 0 Å². The van der Waals surface area contributed by atoms with Crippen molar-refractivity contribution in [1.82, 2.24) is 9.13 Å². The third-order valence-electron chi connectivity index (χ3n) is 21.4. The zero-order valence-corrected chi connectivity index (χ0v) is 54.7. The van der Waals surface area contributed by atoms with Crippen molar-refractivity contribution in [3.63, 3.8) is 0 Å². The summed E-state index contributed by atoms with van der Waals surface area (Å²) in [6.45, 7) is 43.1. The van der Waals surface area contributed by atoms with Gasteiger partial charge in [0, 0.05) is 43.8 Å². The Labute approximate surface area is 516 Å².